The van der Waals surface area contributed by atoms with Gasteiger partial charge in [-0.25, -0.2) is 8.42 Å². The number of halogens is 1. The summed E-state index contributed by atoms with van der Waals surface area (Å²) < 4.78 is 35.1. The van der Waals surface area contributed by atoms with Gasteiger partial charge >= 0.3 is 0 Å². The number of likely N-dealkylation sites (tertiary alicyclic amines) is 2. The van der Waals surface area contributed by atoms with Crippen LogP contribution in [0.25, 0.3) is 0 Å². The Kier molecular flexibility index (Phi) is 16.0. The van der Waals surface area contributed by atoms with Gasteiger partial charge in [-0.2, -0.15) is 0 Å². The Morgan fingerprint density at radius 3 is 1.81 bits per heavy atom. The van der Waals surface area contributed by atoms with Crippen molar-refractivity contribution in [3.63, 3.8) is 0 Å². The average molecular weight is 835 g/mol. The summed E-state index contributed by atoms with van der Waals surface area (Å²) in [6.45, 7) is 35.1. The Morgan fingerprint density at radius 1 is 0.897 bits per heavy atom. The Morgan fingerprint density at radius 2 is 1.45 bits per heavy atom. The minimum atomic E-state index is -3.11. The van der Waals surface area contributed by atoms with Crippen molar-refractivity contribution in [2.75, 3.05) is 26.8 Å². The first-order valence-electron chi connectivity index (χ1n) is 21.5. The standard InChI is InChI=1S/C26H44N4O3.C10H15NO2S.C8H17N.CH3F/c1-10-28-17(22(2,3)4)20(32)29-18(23(5,6)7)21(33)30-15-26(14-16(30)19(27)31)24(8,9)25(26)12-11-13-25;1-3-8-6-10(8)7(2)11-14(12,13)9-4-5-9;1-8(2)9-6-4-3-5-7-9;1-2/h10,16-18,28H,1,11-15H2,2-9H3,(H2,27,31)(H,29,32);3,8-11H,1-2,4-6H2;8H,3-7H2,1-2H3;1H3/t16-,17?,18+,26?;8-,10-;;/m01../s1. The fourth-order valence-corrected chi connectivity index (χ4v) is 11.4. The van der Waals surface area contributed by atoms with E-state index < -0.39 is 39.5 Å². The van der Waals surface area contributed by atoms with Crippen LogP contribution in [-0.4, -0.2) is 92.2 Å². The van der Waals surface area contributed by atoms with Gasteiger partial charge in [0.15, 0.2) is 0 Å². The first-order chi connectivity index (χ1) is 26.8. The lowest BCUT2D eigenvalue weighted by atomic mass is 9.73. The molecule has 6 aliphatic rings. The van der Waals surface area contributed by atoms with E-state index in [0.29, 0.717) is 31.8 Å². The van der Waals surface area contributed by atoms with Crippen LogP contribution in [0.3, 0.4) is 0 Å². The highest BCUT2D eigenvalue weighted by molar-refractivity contribution is 7.90. The van der Waals surface area contributed by atoms with Gasteiger partial charge in [-0.05, 0) is 112 Å². The Bertz CT molecular complexity index is 1600. The first kappa shape index (κ1) is 49.4. The van der Waals surface area contributed by atoms with E-state index >= 15 is 0 Å². The van der Waals surface area contributed by atoms with Crippen molar-refractivity contribution in [1.29, 1.82) is 0 Å². The third-order valence-electron chi connectivity index (χ3n) is 14.2. The second-order valence-electron chi connectivity index (χ2n) is 20.5. The van der Waals surface area contributed by atoms with E-state index in [1.807, 2.05) is 47.6 Å². The largest absolute Gasteiger partial charge is 0.380 e. The maximum Gasteiger partial charge on any atom is 0.246 e. The molecule has 0 aromatic rings. The van der Waals surface area contributed by atoms with Gasteiger partial charge in [0.1, 0.15) is 18.1 Å². The number of allylic oxidation sites excluding steroid dienone is 2. The summed E-state index contributed by atoms with van der Waals surface area (Å²) in [7, 11) is -2.61. The number of nitrogens with two attached hydrogens (primary N) is 1. The summed E-state index contributed by atoms with van der Waals surface area (Å²) in [6, 6.07) is -1.20. The van der Waals surface area contributed by atoms with Crippen LogP contribution in [0.2, 0.25) is 0 Å². The van der Waals surface area contributed by atoms with E-state index in [-0.39, 0.29) is 44.6 Å². The van der Waals surface area contributed by atoms with Crippen molar-refractivity contribution in [3.05, 3.63) is 37.7 Å². The highest BCUT2D eigenvalue weighted by atomic mass is 32.2. The lowest BCUT2D eigenvalue weighted by Crippen LogP contribution is -2.61. The number of rotatable bonds is 12. The van der Waals surface area contributed by atoms with Crippen LogP contribution in [0.1, 0.15) is 133 Å². The highest BCUT2D eigenvalue weighted by Crippen LogP contribution is 2.88. The molecule has 0 bridgehead atoms. The second-order valence-corrected chi connectivity index (χ2v) is 22.5. The van der Waals surface area contributed by atoms with E-state index in [4.69, 9.17) is 5.73 Å². The van der Waals surface area contributed by atoms with E-state index in [2.05, 4.69) is 67.7 Å². The number of alkyl halides is 1. The summed E-state index contributed by atoms with van der Waals surface area (Å²) in [4.78, 5) is 44.0. The molecule has 2 aliphatic heterocycles. The minimum absolute atomic E-state index is 0.0710. The molecule has 6 atom stereocenters. The van der Waals surface area contributed by atoms with Crippen molar-refractivity contribution >= 4 is 27.7 Å². The smallest absolute Gasteiger partial charge is 0.246 e. The number of nitrogens with zero attached hydrogens (tertiary/aromatic N) is 2. The number of hydrogen-bond donors (Lipinski definition) is 4. The Balaban J connectivity index is 0.000000291. The second kappa shape index (κ2) is 18.8. The molecule has 3 amide bonds. The molecule has 6 rings (SSSR count). The van der Waals surface area contributed by atoms with Gasteiger partial charge in [0.25, 0.3) is 0 Å². The van der Waals surface area contributed by atoms with E-state index in [1.54, 1.807) is 4.90 Å². The summed E-state index contributed by atoms with van der Waals surface area (Å²) in [5, 5.41) is 5.87. The van der Waals surface area contributed by atoms with Crippen LogP contribution in [-0.2, 0) is 24.4 Å². The molecule has 11 nitrogen and oxygen atoms in total. The maximum atomic E-state index is 14.0. The maximum absolute atomic E-state index is 14.0. The Hall–Kier alpha value is -2.93. The van der Waals surface area contributed by atoms with Gasteiger partial charge in [-0.3, -0.25) is 23.5 Å². The number of fused-ring (bicyclic) bond motifs is 1. The SMILES string of the molecule is C=CNC(C(=O)N[C@H](C(=O)N1CC2(C[C@H]1C(N)=O)C(C)(C)C21CCC1)C(C)(C)C)C(C)(C)C.C=C[C@@H]1C[C@@H]1C(=C)NS(=O)(=O)C1CC1.CC(C)N1CCCCC1.CF. The molecule has 2 unspecified atom stereocenters. The van der Waals surface area contributed by atoms with Crippen LogP contribution in [0.4, 0.5) is 4.39 Å². The fraction of sp³-hybridized carbons (Fsp3) is 0.800. The molecule has 2 saturated heterocycles. The number of amides is 3. The van der Waals surface area contributed by atoms with Gasteiger partial charge in [-0.1, -0.05) is 87.5 Å². The van der Waals surface area contributed by atoms with Crippen LogP contribution in [0.15, 0.2) is 37.7 Å². The zero-order valence-corrected chi connectivity index (χ0v) is 38.6. The predicted octanol–water partition coefficient (Wildman–Crippen LogP) is 6.82. The molecule has 13 heteroatoms. The molecule has 4 saturated carbocycles. The molecule has 4 aliphatic carbocycles. The normalized spacial score (nSPS) is 27.7. The Labute approximate surface area is 351 Å². The number of sulfonamides is 1. The molecule has 2 spiro atoms. The number of carbonyl (C=O) groups is 3. The molecule has 0 aromatic carbocycles. The summed E-state index contributed by atoms with van der Waals surface area (Å²) >= 11 is 0. The van der Waals surface area contributed by atoms with E-state index in [9.17, 15) is 27.2 Å². The topological polar surface area (TPSA) is 154 Å². The van der Waals surface area contributed by atoms with Crippen molar-refractivity contribution in [2.45, 2.75) is 163 Å². The van der Waals surface area contributed by atoms with Crippen molar-refractivity contribution < 1.29 is 27.2 Å². The van der Waals surface area contributed by atoms with Gasteiger partial charge < -0.3 is 26.2 Å². The van der Waals surface area contributed by atoms with E-state index in [0.717, 1.165) is 38.1 Å². The van der Waals surface area contributed by atoms with Crippen LogP contribution in [0, 0.1) is 38.9 Å². The van der Waals surface area contributed by atoms with Crippen LogP contribution in [0.5, 0.6) is 0 Å². The molecule has 332 valence electrons. The molecule has 5 N–H and O–H groups in total. The highest BCUT2D eigenvalue weighted by Gasteiger charge is 2.85. The molecule has 0 radical (unpaired) electrons. The number of primary amides is 1. The minimum Gasteiger partial charge on any atom is -0.380 e. The molecule has 0 aromatic heterocycles. The third-order valence-corrected chi connectivity index (χ3v) is 16.1. The monoisotopic (exact) mass is 835 g/mol. The predicted molar refractivity (Wildman–Crippen MR) is 233 cm³/mol. The zero-order chi connectivity index (χ0) is 44.2. The lowest BCUT2D eigenvalue weighted by molar-refractivity contribution is -0.144. The lowest BCUT2D eigenvalue weighted by Gasteiger charge is -2.38. The number of piperidine rings is 1. The van der Waals surface area contributed by atoms with Crippen LogP contribution < -0.4 is 21.1 Å². The van der Waals surface area contributed by atoms with Crippen molar-refractivity contribution in [2.24, 2.45) is 44.6 Å². The number of nitrogens with one attached hydrogen (secondary N) is 3. The van der Waals surface area contributed by atoms with Gasteiger partial charge in [-0.15, -0.1) is 6.58 Å². The molecule has 2 heterocycles. The van der Waals surface area contributed by atoms with Crippen molar-refractivity contribution in [3.8, 4) is 0 Å². The summed E-state index contributed by atoms with van der Waals surface area (Å²) in [5.41, 5.74) is 5.74. The van der Waals surface area contributed by atoms with E-state index in [1.165, 1.54) is 45.0 Å². The van der Waals surface area contributed by atoms with Crippen LogP contribution >= 0.6 is 0 Å². The molecular weight excluding hydrogens is 756 g/mol. The first-order valence-corrected chi connectivity index (χ1v) is 23.1. The van der Waals surface area contributed by atoms with Gasteiger partial charge in [0.2, 0.25) is 27.7 Å². The summed E-state index contributed by atoms with van der Waals surface area (Å²) in [6.07, 6.45) is 14.3. The van der Waals surface area contributed by atoms with Gasteiger partial charge in [0.05, 0.1) is 12.4 Å². The molecular formula is C45H79FN6O5S. The third kappa shape index (κ3) is 10.5. The fourth-order valence-electron chi connectivity index (χ4n) is 9.99. The van der Waals surface area contributed by atoms with Crippen molar-refractivity contribution in [1.82, 2.24) is 25.2 Å². The summed E-state index contributed by atoms with van der Waals surface area (Å²) in [5.74, 6) is -0.245. The van der Waals surface area contributed by atoms with Gasteiger partial charge in [0, 0.05) is 29.6 Å². The molecule has 6 fully saturated rings. The average Bonchev–Trinajstić information content (AvgIpc) is 4.06. The zero-order valence-electron chi connectivity index (χ0n) is 37.8. The quantitative estimate of drug-likeness (QED) is 0.158. The molecule has 58 heavy (non-hydrogen) atoms. The number of carbonyl (C=O) groups excluding carboxylic acids is 3. The number of hydrogen-bond acceptors (Lipinski definition) is 7.